The number of aliphatic hydroxyl groups is 1. The second kappa shape index (κ2) is 6.59. The maximum absolute atomic E-state index is 12.2. The number of carbonyl (C=O) groups is 1. The molecule has 0 aliphatic rings. The third-order valence-electron chi connectivity index (χ3n) is 2.81. The molecule has 0 bridgehead atoms. The van der Waals surface area contributed by atoms with E-state index in [0.29, 0.717) is 22.7 Å². The van der Waals surface area contributed by atoms with Crippen LogP contribution in [0.5, 0.6) is 5.75 Å². The van der Waals surface area contributed by atoms with E-state index in [1.54, 1.807) is 37.5 Å². The van der Waals surface area contributed by atoms with Crippen LogP contribution in [0.2, 0.25) is 0 Å². The molecule has 1 amide bonds. The fraction of sp³-hybridized carbons (Fsp3) is 0.200. The van der Waals surface area contributed by atoms with Gasteiger partial charge in [-0.2, -0.15) is 5.10 Å². The summed E-state index contributed by atoms with van der Waals surface area (Å²) in [5.41, 5.74) is 1.61. The number of amides is 1. The monoisotopic (exact) mass is 285 g/mol. The smallest absolute Gasteiger partial charge is 0.274 e. The maximum Gasteiger partial charge on any atom is 0.274 e. The molecule has 108 valence electrons. The molecule has 0 saturated carbocycles. The summed E-state index contributed by atoms with van der Waals surface area (Å²) in [7, 11) is 3.21. The molecule has 0 radical (unpaired) electrons. The van der Waals surface area contributed by atoms with Gasteiger partial charge >= 0.3 is 0 Å². The first-order chi connectivity index (χ1) is 10.2. The lowest BCUT2D eigenvalue weighted by Crippen LogP contribution is -2.16. The van der Waals surface area contributed by atoms with Gasteiger partial charge in [0.25, 0.3) is 5.91 Å². The molecular weight excluding hydrogens is 270 g/mol. The number of aromatic nitrogens is 2. The molecule has 21 heavy (non-hydrogen) atoms. The predicted molar refractivity (Wildman–Crippen MR) is 78.1 cm³/mol. The van der Waals surface area contributed by atoms with Crippen LogP contribution in [0.15, 0.2) is 30.5 Å². The van der Waals surface area contributed by atoms with Crippen molar-refractivity contribution in [2.45, 2.75) is 0 Å². The molecular formula is C15H15N3O3. The van der Waals surface area contributed by atoms with Crippen molar-refractivity contribution in [1.82, 2.24) is 9.78 Å². The van der Waals surface area contributed by atoms with Gasteiger partial charge in [0.1, 0.15) is 18.1 Å². The predicted octanol–water partition coefficient (Wildman–Crippen LogP) is 1.02. The van der Waals surface area contributed by atoms with Crippen LogP contribution in [0.4, 0.5) is 5.69 Å². The summed E-state index contributed by atoms with van der Waals surface area (Å²) in [5.74, 6) is 5.57. The van der Waals surface area contributed by atoms with E-state index in [4.69, 9.17) is 9.84 Å². The van der Waals surface area contributed by atoms with Gasteiger partial charge in [-0.1, -0.05) is 11.8 Å². The highest BCUT2D eigenvalue weighted by molar-refractivity contribution is 6.03. The number of rotatable bonds is 3. The van der Waals surface area contributed by atoms with Gasteiger partial charge in [-0.25, -0.2) is 0 Å². The van der Waals surface area contributed by atoms with Gasteiger partial charge in [-0.05, 0) is 24.3 Å². The minimum absolute atomic E-state index is 0.220. The van der Waals surface area contributed by atoms with Crippen molar-refractivity contribution < 1.29 is 14.6 Å². The summed E-state index contributed by atoms with van der Waals surface area (Å²) in [6.07, 6.45) is 1.55. The summed E-state index contributed by atoms with van der Waals surface area (Å²) >= 11 is 0. The van der Waals surface area contributed by atoms with Gasteiger partial charge in [0.05, 0.1) is 12.8 Å². The zero-order chi connectivity index (χ0) is 15.2. The highest BCUT2D eigenvalue weighted by Gasteiger charge is 2.13. The van der Waals surface area contributed by atoms with Crippen molar-refractivity contribution in [3.63, 3.8) is 0 Å². The van der Waals surface area contributed by atoms with E-state index in [2.05, 4.69) is 22.3 Å². The largest absolute Gasteiger partial charge is 0.495 e. The van der Waals surface area contributed by atoms with E-state index in [1.807, 2.05) is 0 Å². The number of anilines is 1. The SMILES string of the molecule is COc1ccc(C#CCO)cc1NC(=O)c1ccnn1C. The summed E-state index contributed by atoms with van der Waals surface area (Å²) in [6.45, 7) is -0.220. The second-order valence-electron chi connectivity index (χ2n) is 4.17. The van der Waals surface area contributed by atoms with E-state index in [0.717, 1.165) is 0 Å². The number of nitrogens with zero attached hydrogens (tertiary/aromatic N) is 2. The number of aryl methyl sites for hydroxylation is 1. The molecule has 0 spiro atoms. The van der Waals surface area contributed by atoms with Crippen LogP contribution in [-0.4, -0.2) is 34.5 Å². The molecule has 1 aromatic carbocycles. The number of benzene rings is 1. The van der Waals surface area contributed by atoms with Crippen molar-refractivity contribution in [2.24, 2.45) is 7.05 Å². The Balaban J connectivity index is 2.29. The number of hydrogen-bond donors (Lipinski definition) is 2. The Morgan fingerprint density at radius 2 is 2.29 bits per heavy atom. The van der Waals surface area contributed by atoms with Gasteiger partial charge < -0.3 is 15.2 Å². The fourth-order valence-corrected chi connectivity index (χ4v) is 1.81. The summed E-state index contributed by atoms with van der Waals surface area (Å²) in [6, 6.07) is 6.77. The minimum atomic E-state index is -0.291. The molecule has 6 nitrogen and oxygen atoms in total. The lowest BCUT2D eigenvalue weighted by atomic mass is 10.2. The number of nitrogens with one attached hydrogen (secondary N) is 1. The standard InChI is InChI=1S/C15H15N3O3/c1-18-13(7-8-16-18)15(20)17-12-10-11(4-3-9-19)5-6-14(12)21-2/h5-8,10,19H,9H2,1-2H3,(H,17,20). The van der Waals surface area contributed by atoms with Gasteiger partial charge in [-0.3, -0.25) is 9.48 Å². The summed E-state index contributed by atoms with van der Waals surface area (Å²) < 4.78 is 6.70. The summed E-state index contributed by atoms with van der Waals surface area (Å²) in [4.78, 5) is 12.2. The average molecular weight is 285 g/mol. The van der Waals surface area contributed by atoms with Crippen LogP contribution in [-0.2, 0) is 7.05 Å². The normalized spacial score (nSPS) is 9.67. The van der Waals surface area contributed by atoms with Crippen LogP contribution in [0.25, 0.3) is 0 Å². The first-order valence-electron chi connectivity index (χ1n) is 6.23. The Labute approximate surface area is 122 Å². The van der Waals surface area contributed by atoms with Crippen molar-refractivity contribution in [2.75, 3.05) is 19.0 Å². The Morgan fingerprint density at radius 3 is 2.90 bits per heavy atom. The van der Waals surface area contributed by atoms with Gasteiger partial charge in [-0.15, -0.1) is 0 Å². The zero-order valence-electron chi connectivity index (χ0n) is 11.8. The Hall–Kier alpha value is -2.78. The van der Waals surface area contributed by atoms with Crippen molar-refractivity contribution >= 4 is 11.6 Å². The third-order valence-corrected chi connectivity index (χ3v) is 2.81. The van der Waals surface area contributed by atoms with E-state index in [-0.39, 0.29) is 12.5 Å². The molecule has 0 unspecified atom stereocenters. The molecule has 0 saturated heterocycles. The quantitative estimate of drug-likeness (QED) is 0.826. The molecule has 2 aromatic rings. The number of hydrogen-bond acceptors (Lipinski definition) is 4. The van der Waals surface area contributed by atoms with Crippen LogP contribution in [0, 0.1) is 11.8 Å². The van der Waals surface area contributed by atoms with Crippen molar-refractivity contribution in [3.05, 3.63) is 41.7 Å². The molecule has 2 rings (SSSR count). The Kier molecular flexibility index (Phi) is 4.59. The van der Waals surface area contributed by atoms with Crippen molar-refractivity contribution in [3.8, 4) is 17.6 Å². The maximum atomic E-state index is 12.2. The first kappa shape index (κ1) is 14.6. The molecule has 0 aliphatic heterocycles. The number of methoxy groups -OCH3 is 1. The van der Waals surface area contributed by atoms with Crippen LogP contribution in [0.1, 0.15) is 16.1 Å². The van der Waals surface area contributed by atoms with Gasteiger partial charge in [0.15, 0.2) is 0 Å². The lowest BCUT2D eigenvalue weighted by Gasteiger charge is -2.10. The second-order valence-corrected chi connectivity index (χ2v) is 4.17. The number of aliphatic hydroxyl groups excluding tert-OH is 1. The molecule has 6 heteroatoms. The van der Waals surface area contributed by atoms with E-state index >= 15 is 0 Å². The van der Waals surface area contributed by atoms with Gasteiger partial charge in [0, 0.05) is 18.8 Å². The molecule has 2 N–H and O–H groups in total. The van der Waals surface area contributed by atoms with Crippen molar-refractivity contribution in [1.29, 1.82) is 0 Å². The van der Waals surface area contributed by atoms with Crippen LogP contribution >= 0.6 is 0 Å². The average Bonchev–Trinajstić information content (AvgIpc) is 2.91. The summed E-state index contributed by atoms with van der Waals surface area (Å²) in [5, 5.41) is 15.4. The molecule has 1 heterocycles. The first-order valence-corrected chi connectivity index (χ1v) is 6.23. The minimum Gasteiger partial charge on any atom is -0.495 e. The van der Waals surface area contributed by atoms with E-state index in [1.165, 1.54) is 11.8 Å². The number of ether oxygens (including phenoxy) is 1. The molecule has 0 fully saturated rings. The topological polar surface area (TPSA) is 76.4 Å². The molecule has 0 atom stereocenters. The zero-order valence-corrected chi connectivity index (χ0v) is 11.8. The van der Waals surface area contributed by atoms with Gasteiger partial charge in [0.2, 0.25) is 0 Å². The molecule has 0 aliphatic carbocycles. The van der Waals surface area contributed by atoms with E-state index in [9.17, 15) is 4.79 Å². The van der Waals surface area contributed by atoms with Crippen LogP contribution < -0.4 is 10.1 Å². The Morgan fingerprint density at radius 1 is 1.48 bits per heavy atom. The number of carbonyl (C=O) groups excluding carboxylic acids is 1. The molecule has 1 aromatic heterocycles. The highest BCUT2D eigenvalue weighted by Crippen LogP contribution is 2.25. The highest BCUT2D eigenvalue weighted by atomic mass is 16.5. The lowest BCUT2D eigenvalue weighted by molar-refractivity contribution is 0.101. The fourth-order valence-electron chi connectivity index (χ4n) is 1.81. The van der Waals surface area contributed by atoms with E-state index < -0.39 is 0 Å². The van der Waals surface area contributed by atoms with Crippen LogP contribution in [0.3, 0.4) is 0 Å². The third kappa shape index (κ3) is 3.41. The Bertz CT molecular complexity index is 710.